The van der Waals surface area contributed by atoms with Crippen LogP contribution in [0.4, 0.5) is 0 Å². The fourth-order valence-electron chi connectivity index (χ4n) is 2.92. The number of carbonyl (C=O) groups excluding carboxylic acids is 1. The average Bonchev–Trinajstić information content (AvgIpc) is 2.64. The Morgan fingerprint density at radius 1 is 1.33 bits per heavy atom. The molecule has 0 radical (unpaired) electrons. The summed E-state index contributed by atoms with van der Waals surface area (Å²) in [5.74, 6) is 0.791. The maximum atomic E-state index is 12.3. The number of aliphatic hydroxyl groups is 1. The molecular formula is C14H28N2O2. The fraction of sp³-hybridized carbons (Fsp3) is 0.929. The minimum atomic E-state index is 0.227. The first-order valence-corrected chi connectivity index (χ1v) is 7.10. The van der Waals surface area contributed by atoms with Gasteiger partial charge in [-0.2, -0.15) is 0 Å². The lowest BCUT2D eigenvalue weighted by Crippen LogP contribution is -2.46. The van der Waals surface area contributed by atoms with Gasteiger partial charge in [0.05, 0.1) is 6.54 Å². The van der Waals surface area contributed by atoms with Gasteiger partial charge in [-0.1, -0.05) is 0 Å². The number of hydrogen-bond acceptors (Lipinski definition) is 3. The van der Waals surface area contributed by atoms with Gasteiger partial charge in [0.25, 0.3) is 0 Å². The number of carbonyl (C=O) groups is 1. The number of likely N-dealkylation sites (tertiary alicyclic amines) is 1. The van der Waals surface area contributed by atoms with E-state index in [-0.39, 0.29) is 24.6 Å². The maximum Gasteiger partial charge on any atom is 0.237 e. The van der Waals surface area contributed by atoms with Gasteiger partial charge in [-0.05, 0) is 53.0 Å². The highest BCUT2D eigenvalue weighted by Gasteiger charge is 2.27. The van der Waals surface area contributed by atoms with Crippen molar-refractivity contribution in [3.63, 3.8) is 0 Å². The summed E-state index contributed by atoms with van der Waals surface area (Å²) in [7, 11) is 0. The lowest BCUT2D eigenvalue weighted by Gasteiger charge is -2.32. The Hall–Kier alpha value is -0.610. The SMILES string of the molecule is CC(C)N(C(=O)CN1CCC(CCO)C1)C(C)C. The standard InChI is InChI=1S/C14H28N2O2/c1-11(2)16(12(3)4)14(18)10-15-7-5-13(9-15)6-8-17/h11-13,17H,5-10H2,1-4H3. The summed E-state index contributed by atoms with van der Waals surface area (Å²) >= 11 is 0. The summed E-state index contributed by atoms with van der Waals surface area (Å²) in [5, 5.41) is 8.93. The van der Waals surface area contributed by atoms with Crippen molar-refractivity contribution in [2.45, 2.75) is 52.6 Å². The molecule has 4 heteroatoms. The van der Waals surface area contributed by atoms with Crippen LogP contribution in [-0.2, 0) is 4.79 Å². The van der Waals surface area contributed by atoms with Crippen molar-refractivity contribution in [2.24, 2.45) is 5.92 Å². The molecule has 1 amide bonds. The van der Waals surface area contributed by atoms with Gasteiger partial charge in [-0.3, -0.25) is 9.69 Å². The number of hydrogen-bond donors (Lipinski definition) is 1. The third kappa shape index (κ3) is 4.25. The van der Waals surface area contributed by atoms with Crippen LogP contribution >= 0.6 is 0 Å². The number of rotatable bonds is 6. The normalized spacial score (nSPS) is 20.9. The first-order valence-electron chi connectivity index (χ1n) is 7.10. The molecule has 4 nitrogen and oxygen atoms in total. The second kappa shape index (κ2) is 7.10. The topological polar surface area (TPSA) is 43.8 Å². The highest BCUT2D eigenvalue weighted by atomic mass is 16.3. The zero-order chi connectivity index (χ0) is 13.7. The van der Waals surface area contributed by atoms with Crippen molar-refractivity contribution in [3.8, 4) is 0 Å². The van der Waals surface area contributed by atoms with Gasteiger partial charge in [-0.15, -0.1) is 0 Å². The Morgan fingerprint density at radius 2 is 1.94 bits per heavy atom. The lowest BCUT2D eigenvalue weighted by atomic mass is 10.1. The molecule has 1 rings (SSSR count). The van der Waals surface area contributed by atoms with E-state index in [1.807, 2.05) is 4.90 Å². The molecule has 0 saturated carbocycles. The second-order valence-corrected chi connectivity index (χ2v) is 5.89. The zero-order valence-corrected chi connectivity index (χ0v) is 12.2. The van der Waals surface area contributed by atoms with Gasteiger partial charge < -0.3 is 10.0 Å². The maximum absolute atomic E-state index is 12.3. The molecule has 0 aliphatic carbocycles. The third-order valence-electron chi connectivity index (χ3n) is 3.67. The van der Waals surface area contributed by atoms with E-state index in [1.54, 1.807) is 0 Å². The Morgan fingerprint density at radius 3 is 2.44 bits per heavy atom. The molecule has 0 aromatic carbocycles. The van der Waals surface area contributed by atoms with Crippen LogP contribution in [0.3, 0.4) is 0 Å². The molecule has 18 heavy (non-hydrogen) atoms. The smallest absolute Gasteiger partial charge is 0.237 e. The molecular weight excluding hydrogens is 228 g/mol. The van der Waals surface area contributed by atoms with E-state index in [0.29, 0.717) is 12.5 Å². The van der Waals surface area contributed by atoms with E-state index in [1.165, 1.54) is 0 Å². The molecule has 1 heterocycles. The molecule has 1 N–H and O–H groups in total. The first kappa shape index (κ1) is 15.4. The minimum Gasteiger partial charge on any atom is -0.396 e. The summed E-state index contributed by atoms with van der Waals surface area (Å²) in [6.07, 6.45) is 1.97. The van der Waals surface area contributed by atoms with Crippen LogP contribution in [0.1, 0.15) is 40.5 Å². The van der Waals surface area contributed by atoms with E-state index in [2.05, 4.69) is 32.6 Å². The monoisotopic (exact) mass is 256 g/mol. The van der Waals surface area contributed by atoms with Crippen LogP contribution in [0.15, 0.2) is 0 Å². The average molecular weight is 256 g/mol. The first-order chi connectivity index (χ1) is 8.45. The molecule has 1 aliphatic heterocycles. The largest absolute Gasteiger partial charge is 0.396 e. The molecule has 1 atom stereocenters. The second-order valence-electron chi connectivity index (χ2n) is 5.89. The van der Waals surface area contributed by atoms with Gasteiger partial charge in [0.15, 0.2) is 0 Å². The van der Waals surface area contributed by atoms with Crippen LogP contribution in [0.2, 0.25) is 0 Å². The highest BCUT2D eigenvalue weighted by Crippen LogP contribution is 2.19. The quantitative estimate of drug-likeness (QED) is 0.780. The van der Waals surface area contributed by atoms with Crippen molar-refractivity contribution < 1.29 is 9.90 Å². The van der Waals surface area contributed by atoms with Gasteiger partial charge in [0, 0.05) is 25.2 Å². The number of amides is 1. The molecule has 0 aromatic heterocycles. The van der Waals surface area contributed by atoms with Crippen molar-refractivity contribution in [3.05, 3.63) is 0 Å². The summed E-state index contributed by atoms with van der Waals surface area (Å²) in [5.41, 5.74) is 0. The highest BCUT2D eigenvalue weighted by molar-refractivity contribution is 5.78. The van der Waals surface area contributed by atoms with E-state index >= 15 is 0 Å². The van der Waals surface area contributed by atoms with Crippen LogP contribution < -0.4 is 0 Å². The number of aliphatic hydroxyl groups excluding tert-OH is 1. The van der Waals surface area contributed by atoms with Gasteiger partial charge >= 0.3 is 0 Å². The van der Waals surface area contributed by atoms with Gasteiger partial charge in [0.2, 0.25) is 5.91 Å². The molecule has 0 spiro atoms. The van der Waals surface area contributed by atoms with Crippen molar-refractivity contribution in [1.29, 1.82) is 0 Å². The van der Waals surface area contributed by atoms with E-state index < -0.39 is 0 Å². The Kier molecular flexibility index (Phi) is 6.09. The lowest BCUT2D eigenvalue weighted by molar-refractivity contribution is -0.135. The van der Waals surface area contributed by atoms with Crippen molar-refractivity contribution in [2.75, 3.05) is 26.2 Å². The molecule has 1 aliphatic rings. The minimum absolute atomic E-state index is 0.227. The number of nitrogens with zero attached hydrogens (tertiary/aromatic N) is 2. The Balaban J connectivity index is 2.45. The predicted octanol–water partition coefficient (Wildman–Crippen LogP) is 1.34. The van der Waals surface area contributed by atoms with Crippen molar-refractivity contribution in [1.82, 2.24) is 9.80 Å². The summed E-state index contributed by atoms with van der Waals surface area (Å²) in [4.78, 5) is 16.5. The zero-order valence-electron chi connectivity index (χ0n) is 12.2. The summed E-state index contributed by atoms with van der Waals surface area (Å²) < 4.78 is 0. The molecule has 0 aromatic rings. The summed E-state index contributed by atoms with van der Waals surface area (Å²) in [6.45, 7) is 11.0. The van der Waals surface area contributed by atoms with Crippen molar-refractivity contribution >= 4 is 5.91 Å². The Labute approximate surface area is 111 Å². The van der Waals surface area contributed by atoms with E-state index in [0.717, 1.165) is 25.9 Å². The van der Waals surface area contributed by atoms with Gasteiger partial charge in [0.1, 0.15) is 0 Å². The fourth-order valence-corrected chi connectivity index (χ4v) is 2.92. The summed E-state index contributed by atoms with van der Waals surface area (Å²) in [6, 6.07) is 0.515. The van der Waals surface area contributed by atoms with Crippen LogP contribution in [-0.4, -0.2) is 59.1 Å². The van der Waals surface area contributed by atoms with Crippen LogP contribution in [0.5, 0.6) is 0 Å². The third-order valence-corrected chi connectivity index (χ3v) is 3.67. The molecule has 1 unspecified atom stereocenters. The predicted molar refractivity (Wildman–Crippen MR) is 73.4 cm³/mol. The van der Waals surface area contributed by atoms with Crippen LogP contribution in [0, 0.1) is 5.92 Å². The van der Waals surface area contributed by atoms with E-state index in [9.17, 15) is 4.79 Å². The molecule has 106 valence electrons. The Bertz CT molecular complexity index is 259. The van der Waals surface area contributed by atoms with Crippen LogP contribution in [0.25, 0.3) is 0 Å². The van der Waals surface area contributed by atoms with Gasteiger partial charge in [-0.25, -0.2) is 0 Å². The molecule has 0 bridgehead atoms. The molecule has 1 saturated heterocycles. The molecule has 1 fully saturated rings. The van der Waals surface area contributed by atoms with E-state index in [4.69, 9.17) is 5.11 Å².